The average molecular weight is 209 g/mol. The largest absolute Gasteiger partial charge is 0.341 e. The molecule has 84 valence electrons. The lowest BCUT2D eigenvalue weighted by Gasteiger charge is -2.30. The molecule has 4 nitrogen and oxygen atoms in total. The second-order valence-electron chi connectivity index (χ2n) is 4.16. The minimum absolute atomic E-state index is 0.00577. The summed E-state index contributed by atoms with van der Waals surface area (Å²) in [5, 5.41) is 11.8. The zero-order valence-electron chi connectivity index (χ0n) is 9.49. The number of likely N-dealkylation sites (N-methyl/N-ethyl adjacent to an activating group) is 1. The molecule has 1 amide bonds. The van der Waals surface area contributed by atoms with Crippen molar-refractivity contribution in [1.29, 1.82) is 5.26 Å². The van der Waals surface area contributed by atoms with Crippen LogP contribution in [0.25, 0.3) is 0 Å². The molecule has 0 spiro atoms. The molecule has 1 heterocycles. The number of carbonyl (C=O) groups excluding carboxylic acids is 1. The smallest absolute Gasteiger partial charge is 0.239 e. The minimum atomic E-state index is -0.0371. The first kappa shape index (κ1) is 12.0. The molecule has 1 N–H and O–H groups in total. The summed E-state index contributed by atoms with van der Waals surface area (Å²) < 4.78 is 0. The molecule has 0 radical (unpaired) electrons. The summed E-state index contributed by atoms with van der Waals surface area (Å²) in [5.41, 5.74) is 0. The first-order valence-corrected chi connectivity index (χ1v) is 5.54. The molecule has 15 heavy (non-hydrogen) atoms. The maximum absolute atomic E-state index is 12.0. The van der Waals surface area contributed by atoms with Gasteiger partial charge in [0, 0.05) is 13.1 Å². The molecular weight excluding hydrogens is 190 g/mol. The number of rotatable bonds is 3. The van der Waals surface area contributed by atoms with E-state index in [1.54, 1.807) is 11.9 Å². The Kier molecular flexibility index (Phi) is 4.57. The number of nitrogens with one attached hydrogen (secondary N) is 1. The van der Waals surface area contributed by atoms with Crippen LogP contribution < -0.4 is 5.32 Å². The van der Waals surface area contributed by atoms with E-state index in [4.69, 9.17) is 5.26 Å². The molecule has 0 aromatic heterocycles. The van der Waals surface area contributed by atoms with E-state index < -0.39 is 0 Å². The van der Waals surface area contributed by atoms with Gasteiger partial charge in [-0.05, 0) is 26.3 Å². The van der Waals surface area contributed by atoms with Crippen LogP contribution in [-0.4, -0.2) is 36.5 Å². The zero-order valence-corrected chi connectivity index (χ0v) is 9.49. The number of piperidine rings is 1. The Morgan fingerprint density at radius 3 is 2.93 bits per heavy atom. The van der Waals surface area contributed by atoms with Crippen molar-refractivity contribution in [1.82, 2.24) is 10.2 Å². The molecule has 0 bridgehead atoms. The van der Waals surface area contributed by atoms with E-state index in [0.29, 0.717) is 6.42 Å². The molecule has 0 aromatic rings. The molecule has 2 unspecified atom stereocenters. The Morgan fingerprint density at radius 2 is 2.40 bits per heavy atom. The standard InChI is InChI=1S/C11H19N3O/c1-9(6-7-12)14(2)11(15)10-5-3-4-8-13-10/h9-10,13H,3-6,8H2,1-2H3. The normalized spacial score (nSPS) is 22.9. The fourth-order valence-corrected chi connectivity index (χ4v) is 1.79. The first-order valence-electron chi connectivity index (χ1n) is 5.54. The first-order chi connectivity index (χ1) is 7.16. The Hall–Kier alpha value is -1.08. The van der Waals surface area contributed by atoms with Crippen LogP contribution in [0.5, 0.6) is 0 Å². The molecule has 2 atom stereocenters. The van der Waals surface area contributed by atoms with Gasteiger partial charge >= 0.3 is 0 Å². The highest BCUT2D eigenvalue weighted by Gasteiger charge is 2.25. The van der Waals surface area contributed by atoms with Crippen molar-refractivity contribution < 1.29 is 4.79 Å². The summed E-state index contributed by atoms with van der Waals surface area (Å²) in [6, 6.07) is 2.06. The van der Waals surface area contributed by atoms with Gasteiger partial charge in [-0.25, -0.2) is 0 Å². The van der Waals surface area contributed by atoms with Gasteiger partial charge < -0.3 is 10.2 Å². The topological polar surface area (TPSA) is 56.1 Å². The van der Waals surface area contributed by atoms with Gasteiger partial charge in [-0.15, -0.1) is 0 Å². The Balaban J connectivity index is 2.47. The number of nitrogens with zero attached hydrogens (tertiary/aromatic N) is 2. The van der Waals surface area contributed by atoms with E-state index in [-0.39, 0.29) is 18.0 Å². The molecule has 1 rings (SSSR count). The third kappa shape index (κ3) is 3.21. The summed E-state index contributed by atoms with van der Waals surface area (Å²) in [5.74, 6) is 0.123. The molecule has 0 saturated carbocycles. The maximum Gasteiger partial charge on any atom is 0.239 e. The van der Waals surface area contributed by atoms with Gasteiger partial charge in [-0.3, -0.25) is 4.79 Å². The van der Waals surface area contributed by atoms with Gasteiger partial charge in [0.05, 0.1) is 18.5 Å². The van der Waals surface area contributed by atoms with E-state index in [0.717, 1.165) is 25.8 Å². The highest BCUT2D eigenvalue weighted by atomic mass is 16.2. The van der Waals surface area contributed by atoms with Crippen molar-refractivity contribution in [2.45, 2.75) is 44.7 Å². The van der Waals surface area contributed by atoms with Crippen molar-refractivity contribution in [3.8, 4) is 6.07 Å². The van der Waals surface area contributed by atoms with Crippen molar-refractivity contribution in [2.75, 3.05) is 13.6 Å². The van der Waals surface area contributed by atoms with Crippen molar-refractivity contribution >= 4 is 5.91 Å². The molecular formula is C11H19N3O. The van der Waals surface area contributed by atoms with Crippen LogP contribution in [0.2, 0.25) is 0 Å². The number of carbonyl (C=O) groups is 1. The Bertz CT molecular complexity index is 253. The number of nitriles is 1. The third-order valence-corrected chi connectivity index (χ3v) is 3.00. The monoisotopic (exact) mass is 209 g/mol. The second kappa shape index (κ2) is 5.72. The number of amides is 1. The van der Waals surface area contributed by atoms with Gasteiger partial charge in [0.1, 0.15) is 0 Å². The molecule has 1 saturated heterocycles. The van der Waals surface area contributed by atoms with E-state index in [1.165, 1.54) is 0 Å². The Labute approximate surface area is 91.2 Å². The van der Waals surface area contributed by atoms with Gasteiger partial charge in [0.25, 0.3) is 0 Å². The predicted molar refractivity (Wildman–Crippen MR) is 58.1 cm³/mol. The number of hydrogen-bond acceptors (Lipinski definition) is 3. The van der Waals surface area contributed by atoms with Crippen molar-refractivity contribution in [3.05, 3.63) is 0 Å². The number of hydrogen-bond donors (Lipinski definition) is 1. The van der Waals surface area contributed by atoms with Gasteiger partial charge in [0.2, 0.25) is 5.91 Å². The molecule has 0 aromatic carbocycles. The third-order valence-electron chi connectivity index (χ3n) is 3.00. The van der Waals surface area contributed by atoms with E-state index >= 15 is 0 Å². The van der Waals surface area contributed by atoms with Gasteiger partial charge in [-0.2, -0.15) is 5.26 Å². The predicted octanol–water partition coefficient (Wildman–Crippen LogP) is 0.889. The van der Waals surface area contributed by atoms with Gasteiger partial charge in [-0.1, -0.05) is 6.42 Å². The van der Waals surface area contributed by atoms with Crippen molar-refractivity contribution in [3.63, 3.8) is 0 Å². The van der Waals surface area contributed by atoms with Crippen LogP contribution in [-0.2, 0) is 4.79 Å². The summed E-state index contributed by atoms with van der Waals surface area (Å²) in [6.45, 7) is 2.83. The van der Waals surface area contributed by atoms with E-state index in [9.17, 15) is 4.79 Å². The summed E-state index contributed by atoms with van der Waals surface area (Å²) in [6.07, 6.45) is 3.59. The highest BCUT2D eigenvalue weighted by molar-refractivity contribution is 5.82. The van der Waals surface area contributed by atoms with Crippen LogP contribution in [0, 0.1) is 11.3 Å². The quantitative estimate of drug-likeness (QED) is 0.751. The molecule has 1 aliphatic heterocycles. The van der Waals surface area contributed by atoms with Crippen molar-refractivity contribution in [2.24, 2.45) is 0 Å². The maximum atomic E-state index is 12.0. The second-order valence-corrected chi connectivity index (χ2v) is 4.16. The zero-order chi connectivity index (χ0) is 11.3. The Morgan fingerprint density at radius 1 is 1.67 bits per heavy atom. The van der Waals surface area contributed by atoms with Crippen LogP contribution in [0.4, 0.5) is 0 Å². The fraction of sp³-hybridized carbons (Fsp3) is 0.818. The van der Waals surface area contributed by atoms with E-state index in [2.05, 4.69) is 11.4 Å². The summed E-state index contributed by atoms with van der Waals surface area (Å²) in [7, 11) is 1.78. The molecule has 4 heteroatoms. The summed E-state index contributed by atoms with van der Waals surface area (Å²) >= 11 is 0. The fourth-order valence-electron chi connectivity index (χ4n) is 1.79. The lowest BCUT2D eigenvalue weighted by atomic mass is 10.0. The van der Waals surface area contributed by atoms with Crippen LogP contribution in [0.15, 0.2) is 0 Å². The minimum Gasteiger partial charge on any atom is -0.341 e. The van der Waals surface area contributed by atoms with E-state index in [1.807, 2.05) is 6.92 Å². The van der Waals surface area contributed by atoms with Crippen LogP contribution in [0.3, 0.4) is 0 Å². The van der Waals surface area contributed by atoms with Crippen LogP contribution in [0.1, 0.15) is 32.6 Å². The molecule has 0 aliphatic carbocycles. The lowest BCUT2D eigenvalue weighted by Crippen LogP contribution is -2.49. The SMILES string of the molecule is CC(CC#N)N(C)C(=O)C1CCCCN1. The van der Waals surface area contributed by atoms with Gasteiger partial charge in [0.15, 0.2) is 0 Å². The average Bonchev–Trinajstić information content (AvgIpc) is 2.28. The molecule has 1 fully saturated rings. The highest BCUT2D eigenvalue weighted by Crippen LogP contribution is 2.11. The lowest BCUT2D eigenvalue weighted by molar-refractivity contribution is -0.134. The molecule has 1 aliphatic rings. The summed E-state index contributed by atoms with van der Waals surface area (Å²) in [4.78, 5) is 13.7. The van der Waals surface area contributed by atoms with Crippen LogP contribution >= 0.6 is 0 Å².